The van der Waals surface area contributed by atoms with Gasteiger partial charge in [-0.05, 0) is 46.6 Å². The largest absolute Gasteiger partial charge is 0.380 e. The minimum Gasteiger partial charge on any atom is -0.380 e. The topological polar surface area (TPSA) is 24.5 Å². The lowest BCUT2D eigenvalue weighted by Crippen LogP contribution is -2.22. The summed E-state index contributed by atoms with van der Waals surface area (Å²) < 4.78 is 6.59. The summed E-state index contributed by atoms with van der Waals surface area (Å²) >= 11 is 3.68. The van der Waals surface area contributed by atoms with E-state index in [2.05, 4.69) is 51.3 Å². The Hall–Kier alpha value is -0.580. The molecule has 1 aliphatic heterocycles. The fourth-order valence-corrected chi connectivity index (χ4v) is 3.00. The highest BCUT2D eigenvalue weighted by molar-refractivity contribution is 9.10. The summed E-state index contributed by atoms with van der Waals surface area (Å²) in [6, 6.07) is 6.61. The number of nitrogens with zero attached hydrogens (tertiary/aromatic N) is 1. The van der Waals surface area contributed by atoms with E-state index in [0.29, 0.717) is 6.10 Å². The zero-order valence-electron chi connectivity index (χ0n) is 11.1. The molecule has 1 aliphatic rings. The highest BCUT2D eigenvalue weighted by atomic mass is 79.9. The van der Waals surface area contributed by atoms with Gasteiger partial charge < -0.3 is 15.0 Å². The molecule has 0 aliphatic carbocycles. The molecule has 1 aromatic carbocycles. The molecular weight excluding hydrogens is 292 g/mol. The third-order valence-electron chi connectivity index (χ3n) is 3.41. The average Bonchev–Trinajstić information content (AvgIpc) is 2.85. The van der Waals surface area contributed by atoms with E-state index in [1.807, 2.05) is 0 Å². The Morgan fingerprint density at radius 2 is 2.33 bits per heavy atom. The molecule has 0 bridgehead atoms. The first kappa shape index (κ1) is 13.8. The molecule has 100 valence electrons. The summed E-state index contributed by atoms with van der Waals surface area (Å²) in [5.41, 5.74) is 2.59. The van der Waals surface area contributed by atoms with Gasteiger partial charge in [0, 0.05) is 31.2 Å². The SMILES string of the molecule is CCNCc1ccc(N2CCC(OC)C2)c(Br)c1. The predicted octanol–water partition coefficient (Wildman–Crippen LogP) is 2.78. The number of rotatable bonds is 5. The second-order valence-electron chi connectivity index (χ2n) is 4.66. The van der Waals surface area contributed by atoms with Crippen LogP contribution in [-0.4, -0.2) is 32.8 Å². The monoisotopic (exact) mass is 312 g/mol. The summed E-state index contributed by atoms with van der Waals surface area (Å²) in [6.45, 7) is 6.11. The van der Waals surface area contributed by atoms with E-state index in [-0.39, 0.29) is 0 Å². The number of halogens is 1. The number of methoxy groups -OCH3 is 1. The van der Waals surface area contributed by atoms with Crippen molar-refractivity contribution in [1.29, 1.82) is 0 Å². The van der Waals surface area contributed by atoms with E-state index in [9.17, 15) is 0 Å². The first-order valence-corrected chi connectivity index (χ1v) is 7.30. The smallest absolute Gasteiger partial charge is 0.0762 e. The summed E-state index contributed by atoms with van der Waals surface area (Å²) in [5, 5.41) is 3.34. The number of hydrogen-bond donors (Lipinski definition) is 1. The predicted molar refractivity (Wildman–Crippen MR) is 79.1 cm³/mol. The minimum atomic E-state index is 0.373. The van der Waals surface area contributed by atoms with E-state index in [1.54, 1.807) is 7.11 Å². The van der Waals surface area contributed by atoms with Gasteiger partial charge in [0.2, 0.25) is 0 Å². The third-order valence-corrected chi connectivity index (χ3v) is 4.05. The van der Waals surface area contributed by atoms with Crippen LogP contribution in [0.2, 0.25) is 0 Å². The molecule has 0 spiro atoms. The Morgan fingerprint density at radius 3 is 2.94 bits per heavy atom. The van der Waals surface area contributed by atoms with Crippen LogP contribution in [-0.2, 0) is 11.3 Å². The standard InChI is InChI=1S/C14H21BrN2O/c1-3-16-9-11-4-5-14(13(15)8-11)17-7-6-12(10-17)18-2/h4-5,8,12,16H,3,6-7,9-10H2,1-2H3. The van der Waals surface area contributed by atoms with Crippen molar-refractivity contribution in [3.8, 4) is 0 Å². The maximum Gasteiger partial charge on any atom is 0.0762 e. The molecule has 1 aromatic rings. The number of anilines is 1. The first-order valence-electron chi connectivity index (χ1n) is 6.51. The summed E-state index contributed by atoms with van der Waals surface area (Å²) in [6.07, 6.45) is 1.49. The summed E-state index contributed by atoms with van der Waals surface area (Å²) in [7, 11) is 1.79. The molecule has 2 rings (SSSR count). The van der Waals surface area contributed by atoms with Crippen molar-refractivity contribution in [2.24, 2.45) is 0 Å². The molecule has 1 atom stereocenters. The van der Waals surface area contributed by atoms with Crippen LogP contribution in [0.5, 0.6) is 0 Å². The molecule has 0 amide bonds. The van der Waals surface area contributed by atoms with E-state index < -0.39 is 0 Å². The zero-order chi connectivity index (χ0) is 13.0. The van der Waals surface area contributed by atoms with Gasteiger partial charge in [-0.15, -0.1) is 0 Å². The van der Waals surface area contributed by atoms with Gasteiger partial charge in [0.25, 0.3) is 0 Å². The molecule has 3 nitrogen and oxygen atoms in total. The van der Waals surface area contributed by atoms with Gasteiger partial charge in [-0.3, -0.25) is 0 Å². The van der Waals surface area contributed by atoms with Gasteiger partial charge in [-0.1, -0.05) is 13.0 Å². The van der Waals surface area contributed by atoms with Crippen LogP contribution in [0.3, 0.4) is 0 Å². The van der Waals surface area contributed by atoms with Crippen LogP contribution in [0.25, 0.3) is 0 Å². The molecule has 1 heterocycles. The van der Waals surface area contributed by atoms with E-state index >= 15 is 0 Å². The second kappa shape index (κ2) is 6.55. The molecule has 1 saturated heterocycles. The molecule has 4 heteroatoms. The number of ether oxygens (including phenoxy) is 1. The van der Waals surface area contributed by atoms with Crippen molar-refractivity contribution in [2.45, 2.75) is 26.0 Å². The molecule has 18 heavy (non-hydrogen) atoms. The Balaban J connectivity index is 2.05. The fourth-order valence-electron chi connectivity index (χ4n) is 2.33. The Labute approximate surface area is 118 Å². The van der Waals surface area contributed by atoms with Gasteiger partial charge in [-0.2, -0.15) is 0 Å². The Bertz CT molecular complexity index is 397. The van der Waals surface area contributed by atoms with Gasteiger partial charge in [0.05, 0.1) is 11.8 Å². The number of nitrogens with one attached hydrogen (secondary N) is 1. The van der Waals surface area contributed by atoms with Gasteiger partial charge >= 0.3 is 0 Å². The highest BCUT2D eigenvalue weighted by Crippen LogP contribution is 2.30. The van der Waals surface area contributed by atoms with E-state index in [0.717, 1.165) is 32.6 Å². The van der Waals surface area contributed by atoms with Crippen LogP contribution in [0.15, 0.2) is 22.7 Å². The van der Waals surface area contributed by atoms with Crippen LogP contribution < -0.4 is 10.2 Å². The third kappa shape index (κ3) is 3.25. The number of hydrogen-bond acceptors (Lipinski definition) is 3. The molecular formula is C14H21BrN2O. The molecule has 0 radical (unpaired) electrons. The van der Waals surface area contributed by atoms with Crippen LogP contribution in [0.4, 0.5) is 5.69 Å². The quantitative estimate of drug-likeness (QED) is 0.905. The normalized spacial score (nSPS) is 19.5. The van der Waals surface area contributed by atoms with Crippen molar-refractivity contribution >= 4 is 21.6 Å². The molecule has 1 N–H and O–H groups in total. The lowest BCUT2D eigenvalue weighted by Gasteiger charge is -2.20. The summed E-state index contributed by atoms with van der Waals surface area (Å²) in [5.74, 6) is 0. The summed E-state index contributed by atoms with van der Waals surface area (Å²) in [4.78, 5) is 2.38. The zero-order valence-corrected chi connectivity index (χ0v) is 12.7. The molecule has 1 unspecified atom stereocenters. The Morgan fingerprint density at radius 1 is 1.50 bits per heavy atom. The maximum atomic E-state index is 5.41. The van der Waals surface area contributed by atoms with Crippen molar-refractivity contribution in [3.63, 3.8) is 0 Å². The Kier molecular flexibility index (Phi) is 5.03. The molecule has 0 aromatic heterocycles. The molecule has 1 fully saturated rings. The van der Waals surface area contributed by atoms with Gasteiger partial charge in [0.15, 0.2) is 0 Å². The van der Waals surface area contributed by atoms with Crippen molar-refractivity contribution in [3.05, 3.63) is 28.2 Å². The van der Waals surface area contributed by atoms with Crippen LogP contribution >= 0.6 is 15.9 Å². The molecule has 0 saturated carbocycles. The van der Waals surface area contributed by atoms with Gasteiger partial charge in [0.1, 0.15) is 0 Å². The van der Waals surface area contributed by atoms with E-state index in [1.165, 1.54) is 15.7 Å². The van der Waals surface area contributed by atoms with Gasteiger partial charge in [-0.25, -0.2) is 0 Å². The maximum absolute atomic E-state index is 5.41. The lowest BCUT2D eigenvalue weighted by molar-refractivity contribution is 0.121. The minimum absolute atomic E-state index is 0.373. The fraction of sp³-hybridized carbons (Fsp3) is 0.571. The first-order chi connectivity index (χ1) is 8.74. The van der Waals surface area contributed by atoms with Crippen molar-refractivity contribution in [1.82, 2.24) is 5.32 Å². The number of benzene rings is 1. The van der Waals surface area contributed by atoms with Crippen molar-refractivity contribution in [2.75, 3.05) is 31.6 Å². The highest BCUT2D eigenvalue weighted by Gasteiger charge is 2.23. The lowest BCUT2D eigenvalue weighted by atomic mass is 10.2. The van der Waals surface area contributed by atoms with Crippen LogP contribution in [0, 0.1) is 0 Å². The second-order valence-corrected chi connectivity index (χ2v) is 5.51. The average molecular weight is 313 g/mol. The van der Waals surface area contributed by atoms with Crippen LogP contribution in [0.1, 0.15) is 18.9 Å². The van der Waals surface area contributed by atoms with Crippen molar-refractivity contribution < 1.29 is 4.74 Å². The van der Waals surface area contributed by atoms with E-state index in [4.69, 9.17) is 4.74 Å².